The molecule has 0 bridgehead atoms. The number of rotatable bonds is 2. The van der Waals surface area contributed by atoms with E-state index in [1.807, 2.05) is 13.8 Å². The molecule has 1 rings (SSSR count). The third-order valence-electron chi connectivity index (χ3n) is 2.03. The van der Waals surface area contributed by atoms with Crippen LogP contribution in [0.5, 0.6) is 0 Å². The third kappa shape index (κ3) is 4.12. The van der Waals surface area contributed by atoms with E-state index in [-0.39, 0.29) is 12.1 Å². The first kappa shape index (κ1) is 10.3. The quantitative estimate of drug-likeness (QED) is 0.643. The number of hydrogen-bond donors (Lipinski definition) is 2. The Hall–Kier alpha value is -0.770. The molecule has 1 heterocycles. The van der Waals surface area contributed by atoms with Crippen LogP contribution < -0.4 is 16.0 Å². The first-order valence-electron chi connectivity index (χ1n) is 4.89. The molecule has 13 heavy (non-hydrogen) atoms. The number of hydrogen-bond acceptors (Lipinski definition) is 1. The number of urea groups is 1. The first-order chi connectivity index (χ1) is 6.18. The van der Waals surface area contributed by atoms with Crippen molar-refractivity contribution in [3.63, 3.8) is 0 Å². The minimum absolute atomic E-state index is 0.0538. The van der Waals surface area contributed by atoms with E-state index in [1.165, 1.54) is 0 Å². The van der Waals surface area contributed by atoms with E-state index in [0.29, 0.717) is 6.04 Å². The molecule has 75 valence electrons. The molecular formula is C9H18N3O. The van der Waals surface area contributed by atoms with Crippen molar-refractivity contribution in [3.8, 4) is 0 Å². The Morgan fingerprint density at radius 3 is 2.54 bits per heavy atom. The van der Waals surface area contributed by atoms with E-state index in [9.17, 15) is 4.79 Å². The Morgan fingerprint density at radius 1 is 1.38 bits per heavy atom. The lowest BCUT2D eigenvalue weighted by molar-refractivity contribution is 0.231. The third-order valence-corrected chi connectivity index (χ3v) is 2.03. The Balaban J connectivity index is 2.18. The van der Waals surface area contributed by atoms with Crippen molar-refractivity contribution in [2.24, 2.45) is 0 Å². The maximum atomic E-state index is 11.3. The Bertz CT molecular complexity index is 164. The van der Waals surface area contributed by atoms with E-state index in [4.69, 9.17) is 0 Å². The van der Waals surface area contributed by atoms with Gasteiger partial charge in [-0.15, -0.1) is 0 Å². The molecule has 1 fully saturated rings. The van der Waals surface area contributed by atoms with Crippen LogP contribution >= 0.6 is 0 Å². The molecule has 2 amide bonds. The van der Waals surface area contributed by atoms with Crippen molar-refractivity contribution in [1.29, 1.82) is 0 Å². The fraction of sp³-hybridized carbons (Fsp3) is 0.889. The van der Waals surface area contributed by atoms with Gasteiger partial charge in [-0.25, -0.2) is 10.1 Å². The standard InChI is InChI=1S/C9H18N3O/c1-7(2)11-9(13)12-8-3-5-10-6-4-8/h7-8H,3-6H2,1-2H3,(H2,11,12,13). The van der Waals surface area contributed by atoms with Crippen molar-refractivity contribution in [2.45, 2.75) is 38.8 Å². The van der Waals surface area contributed by atoms with Gasteiger partial charge < -0.3 is 10.6 Å². The normalized spacial score (nSPS) is 18.7. The predicted octanol–water partition coefficient (Wildman–Crippen LogP) is 0.461. The van der Waals surface area contributed by atoms with Crippen LogP contribution in [0.1, 0.15) is 26.7 Å². The Morgan fingerprint density at radius 2 is 2.00 bits per heavy atom. The zero-order chi connectivity index (χ0) is 9.68. The maximum absolute atomic E-state index is 11.3. The van der Waals surface area contributed by atoms with Crippen molar-refractivity contribution < 1.29 is 4.79 Å². The number of carbonyl (C=O) groups excluding carboxylic acids is 1. The van der Waals surface area contributed by atoms with Crippen molar-refractivity contribution >= 4 is 6.03 Å². The summed E-state index contributed by atoms with van der Waals surface area (Å²) in [5.74, 6) is 0. The molecule has 2 N–H and O–H groups in total. The lowest BCUT2D eigenvalue weighted by Crippen LogP contribution is -2.47. The molecule has 0 atom stereocenters. The molecule has 1 radical (unpaired) electrons. The molecule has 4 heteroatoms. The Kier molecular flexibility index (Phi) is 4.02. The summed E-state index contributed by atoms with van der Waals surface area (Å²) in [6.45, 7) is 5.67. The number of nitrogens with zero attached hydrogens (tertiary/aromatic N) is 1. The van der Waals surface area contributed by atoms with Crippen molar-refractivity contribution in [1.82, 2.24) is 16.0 Å². The number of piperidine rings is 1. The summed E-state index contributed by atoms with van der Waals surface area (Å²) in [6.07, 6.45) is 1.96. The van der Waals surface area contributed by atoms with Crippen LogP contribution in [0.3, 0.4) is 0 Å². The fourth-order valence-electron chi connectivity index (χ4n) is 1.38. The van der Waals surface area contributed by atoms with Gasteiger partial charge in [-0.1, -0.05) is 0 Å². The lowest BCUT2D eigenvalue weighted by Gasteiger charge is -2.23. The molecule has 0 aromatic rings. The van der Waals surface area contributed by atoms with Crippen LogP contribution in [-0.4, -0.2) is 31.2 Å². The summed E-state index contributed by atoms with van der Waals surface area (Å²) in [7, 11) is 0. The second kappa shape index (κ2) is 5.07. The smallest absolute Gasteiger partial charge is 0.315 e. The van der Waals surface area contributed by atoms with Crippen molar-refractivity contribution in [3.05, 3.63) is 0 Å². The zero-order valence-electron chi connectivity index (χ0n) is 8.34. The highest BCUT2D eigenvalue weighted by Gasteiger charge is 2.15. The zero-order valence-corrected chi connectivity index (χ0v) is 8.34. The highest BCUT2D eigenvalue weighted by Crippen LogP contribution is 2.02. The van der Waals surface area contributed by atoms with Gasteiger partial charge in [0.2, 0.25) is 0 Å². The predicted molar refractivity (Wildman–Crippen MR) is 51.7 cm³/mol. The summed E-state index contributed by atoms with van der Waals surface area (Å²) in [5, 5.41) is 9.97. The molecule has 0 aromatic heterocycles. The summed E-state index contributed by atoms with van der Waals surface area (Å²) in [5.41, 5.74) is 0. The number of nitrogens with one attached hydrogen (secondary N) is 2. The number of carbonyl (C=O) groups is 1. The average Bonchev–Trinajstić information content (AvgIpc) is 2.04. The first-order valence-corrected chi connectivity index (χ1v) is 4.89. The molecule has 4 nitrogen and oxygen atoms in total. The highest BCUT2D eigenvalue weighted by atomic mass is 16.2. The summed E-state index contributed by atoms with van der Waals surface area (Å²) < 4.78 is 0. The largest absolute Gasteiger partial charge is 0.336 e. The van der Waals surface area contributed by atoms with E-state index in [0.717, 1.165) is 25.9 Å². The highest BCUT2D eigenvalue weighted by molar-refractivity contribution is 5.74. The van der Waals surface area contributed by atoms with Crippen LogP contribution in [0.2, 0.25) is 0 Å². The van der Waals surface area contributed by atoms with Gasteiger partial charge in [0, 0.05) is 25.2 Å². The van der Waals surface area contributed by atoms with E-state index >= 15 is 0 Å². The van der Waals surface area contributed by atoms with Gasteiger partial charge in [0.25, 0.3) is 0 Å². The molecule has 0 aliphatic carbocycles. The van der Waals surface area contributed by atoms with Gasteiger partial charge in [0.15, 0.2) is 0 Å². The molecule has 0 unspecified atom stereocenters. The summed E-state index contributed by atoms with van der Waals surface area (Å²) >= 11 is 0. The van der Waals surface area contributed by atoms with Crippen LogP contribution in [0.4, 0.5) is 4.79 Å². The SMILES string of the molecule is CC(C)NC(=O)NC1CC[N]CC1. The average molecular weight is 184 g/mol. The maximum Gasteiger partial charge on any atom is 0.315 e. The van der Waals surface area contributed by atoms with Gasteiger partial charge in [0.1, 0.15) is 0 Å². The van der Waals surface area contributed by atoms with E-state index < -0.39 is 0 Å². The molecule has 0 saturated carbocycles. The fourth-order valence-corrected chi connectivity index (χ4v) is 1.38. The van der Waals surface area contributed by atoms with Gasteiger partial charge >= 0.3 is 6.03 Å². The van der Waals surface area contributed by atoms with Crippen LogP contribution in [-0.2, 0) is 0 Å². The monoisotopic (exact) mass is 184 g/mol. The minimum Gasteiger partial charge on any atom is -0.336 e. The van der Waals surface area contributed by atoms with Crippen LogP contribution in [0, 0.1) is 0 Å². The van der Waals surface area contributed by atoms with Gasteiger partial charge in [-0.05, 0) is 26.7 Å². The number of amides is 2. The Labute approximate surface area is 79.5 Å². The minimum atomic E-state index is -0.0538. The van der Waals surface area contributed by atoms with Crippen LogP contribution in [0.25, 0.3) is 0 Å². The second-order valence-electron chi connectivity index (χ2n) is 3.72. The van der Waals surface area contributed by atoms with E-state index in [1.54, 1.807) is 0 Å². The molecular weight excluding hydrogens is 166 g/mol. The molecule has 1 aliphatic heterocycles. The lowest BCUT2D eigenvalue weighted by atomic mass is 10.1. The van der Waals surface area contributed by atoms with Crippen LogP contribution in [0.15, 0.2) is 0 Å². The molecule has 0 aromatic carbocycles. The molecule has 1 saturated heterocycles. The second-order valence-corrected chi connectivity index (χ2v) is 3.72. The van der Waals surface area contributed by atoms with Gasteiger partial charge in [-0.2, -0.15) is 0 Å². The summed E-state index contributed by atoms with van der Waals surface area (Å²) in [4.78, 5) is 11.3. The topological polar surface area (TPSA) is 55.2 Å². The van der Waals surface area contributed by atoms with Gasteiger partial charge in [0.05, 0.1) is 0 Å². The van der Waals surface area contributed by atoms with E-state index in [2.05, 4.69) is 16.0 Å². The molecule has 1 aliphatic rings. The summed E-state index contributed by atoms with van der Waals surface area (Å²) in [6, 6.07) is 0.464. The molecule has 0 spiro atoms. The van der Waals surface area contributed by atoms with Crippen molar-refractivity contribution in [2.75, 3.05) is 13.1 Å². The van der Waals surface area contributed by atoms with Gasteiger partial charge in [-0.3, -0.25) is 0 Å².